The zero-order chi connectivity index (χ0) is 30.6. The predicted molar refractivity (Wildman–Crippen MR) is 191 cm³/mol. The Morgan fingerprint density at radius 1 is 0.348 bits per heavy atom. The molecule has 0 radical (unpaired) electrons. The summed E-state index contributed by atoms with van der Waals surface area (Å²) in [5.41, 5.74) is 12.1. The van der Waals surface area contributed by atoms with Gasteiger partial charge in [0.15, 0.2) is 0 Å². The average molecular weight is 586 g/mol. The predicted octanol–water partition coefficient (Wildman–Crippen LogP) is 11.1. The van der Waals surface area contributed by atoms with Crippen molar-refractivity contribution in [2.75, 3.05) is 0 Å². The number of nitrogens with zero attached hydrogens (tertiary/aromatic N) is 3. The van der Waals surface area contributed by atoms with Crippen LogP contribution in [-0.4, -0.2) is 9.13 Å². The topological polar surface area (TPSA) is 33.6 Å². The highest BCUT2D eigenvalue weighted by Gasteiger charge is 2.16. The van der Waals surface area contributed by atoms with E-state index in [4.69, 9.17) is 0 Å². The summed E-state index contributed by atoms with van der Waals surface area (Å²) in [6, 6.07) is 60.2. The lowest BCUT2D eigenvalue weighted by Crippen LogP contribution is -1.95. The highest BCUT2D eigenvalue weighted by molar-refractivity contribution is 6.11. The van der Waals surface area contributed by atoms with Crippen LogP contribution in [0.2, 0.25) is 0 Å². The van der Waals surface area contributed by atoms with Crippen LogP contribution >= 0.6 is 0 Å². The third kappa shape index (κ3) is 4.05. The summed E-state index contributed by atoms with van der Waals surface area (Å²) in [5, 5.41) is 14.6. The van der Waals surface area contributed by atoms with Crippen LogP contribution in [0.25, 0.3) is 77.2 Å². The molecule has 0 fully saturated rings. The molecule has 0 atom stereocenters. The minimum absolute atomic E-state index is 0.650. The number of fused-ring (bicyclic) bond motifs is 6. The van der Waals surface area contributed by atoms with Crippen molar-refractivity contribution in [2.24, 2.45) is 0 Å². The van der Waals surface area contributed by atoms with Crippen molar-refractivity contribution in [3.05, 3.63) is 169 Å². The number of para-hydroxylation sites is 2. The minimum Gasteiger partial charge on any atom is -0.309 e. The van der Waals surface area contributed by atoms with Gasteiger partial charge in [-0.25, -0.2) is 0 Å². The van der Waals surface area contributed by atoms with Crippen LogP contribution in [0, 0.1) is 11.3 Å². The lowest BCUT2D eigenvalue weighted by molar-refractivity contribution is 1.18. The molecule has 0 aliphatic carbocycles. The van der Waals surface area contributed by atoms with E-state index in [0.29, 0.717) is 5.56 Å². The molecule has 0 amide bonds. The van der Waals surface area contributed by atoms with Gasteiger partial charge in [-0.15, -0.1) is 0 Å². The molecule has 3 heteroatoms. The van der Waals surface area contributed by atoms with Crippen molar-refractivity contribution in [3.63, 3.8) is 0 Å². The van der Waals surface area contributed by atoms with E-state index in [1.54, 1.807) is 0 Å². The van der Waals surface area contributed by atoms with Gasteiger partial charge in [0.2, 0.25) is 0 Å². The maximum absolute atomic E-state index is 9.77. The molecule has 9 aromatic rings. The van der Waals surface area contributed by atoms with Gasteiger partial charge in [0.25, 0.3) is 0 Å². The van der Waals surface area contributed by atoms with E-state index in [-0.39, 0.29) is 0 Å². The normalized spacial score (nSPS) is 11.5. The number of aromatic nitrogens is 2. The standard InChI is InChI=1S/C43H27N3/c44-28-29-17-23-38-39-27-33(20-24-42(39)46(43(38)25-29)35-12-8-11-32(26-35)30-9-2-1-3-10-30)31-18-21-34(22-19-31)45-40-15-6-4-13-36(40)37-14-5-7-16-41(37)45/h1-27H. The number of benzene rings is 7. The van der Waals surface area contributed by atoms with Crippen molar-refractivity contribution in [3.8, 4) is 39.7 Å². The van der Waals surface area contributed by atoms with Gasteiger partial charge < -0.3 is 9.13 Å². The Morgan fingerprint density at radius 2 is 0.913 bits per heavy atom. The molecule has 3 nitrogen and oxygen atoms in total. The maximum atomic E-state index is 9.77. The van der Waals surface area contributed by atoms with Crippen LogP contribution in [0.5, 0.6) is 0 Å². The lowest BCUT2D eigenvalue weighted by Gasteiger charge is -2.11. The molecule has 46 heavy (non-hydrogen) atoms. The van der Waals surface area contributed by atoms with E-state index in [0.717, 1.165) is 49.9 Å². The van der Waals surface area contributed by atoms with Gasteiger partial charge in [0.05, 0.1) is 33.7 Å². The van der Waals surface area contributed by atoms with Crippen molar-refractivity contribution < 1.29 is 0 Å². The molecular weight excluding hydrogens is 558 g/mol. The zero-order valence-corrected chi connectivity index (χ0v) is 24.9. The molecule has 9 rings (SSSR count). The van der Waals surface area contributed by atoms with Gasteiger partial charge in [0, 0.05) is 32.9 Å². The third-order valence-corrected chi connectivity index (χ3v) is 9.15. The molecule has 0 aliphatic heterocycles. The van der Waals surface area contributed by atoms with Crippen LogP contribution < -0.4 is 0 Å². The first-order valence-electron chi connectivity index (χ1n) is 15.5. The van der Waals surface area contributed by atoms with Gasteiger partial charge in [-0.3, -0.25) is 0 Å². The number of nitriles is 1. The first-order valence-corrected chi connectivity index (χ1v) is 15.5. The second-order valence-electron chi connectivity index (χ2n) is 11.7. The Hall–Kier alpha value is -6.37. The summed E-state index contributed by atoms with van der Waals surface area (Å²) >= 11 is 0. The molecular formula is C43H27N3. The van der Waals surface area contributed by atoms with Crippen LogP contribution in [0.1, 0.15) is 5.56 Å². The molecule has 0 saturated carbocycles. The molecule has 7 aromatic carbocycles. The molecule has 0 saturated heterocycles. The second-order valence-corrected chi connectivity index (χ2v) is 11.7. The van der Waals surface area contributed by atoms with Gasteiger partial charge in [-0.1, -0.05) is 103 Å². The molecule has 2 heterocycles. The summed E-state index contributed by atoms with van der Waals surface area (Å²) in [6.45, 7) is 0. The summed E-state index contributed by atoms with van der Waals surface area (Å²) in [7, 11) is 0. The highest BCUT2D eigenvalue weighted by Crippen LogP contribution is 2.37. The van der Waals surface area contributed by atoms with E-state index in [9.17, 15) is 5.26 Å². The molecule has 0 spiro atoms. The average Bonchev–Trinajstić information content (AvgIpc) is 3.64. The first-order chi connectivity index (χ1) is 22.8. The van der Waals surface area contributed by atoms with Crippen LogP contribution in [0.4, 0.5) is 0 Å². The summed E-state index contributed by atoms with van der Waals surface area (Å²) in [5.74, 6) is 0. The molecule has 0 unspecified atom stereocenters. The quantitative estimate of drug-likeness (QED) is 0.202. The number of hydrogen-bond donors (Lipinski definition) is 0. The first kappa shape index (κ1) is 26.1. The van der Waals surface area contributed by atoms with Gasteiger partial charge in [0.1, 0.15) is 0 Å². The Bertz CT molecular complexity index is 2580. The smallest absolute Gasteiger partial charge is 0.0992 e. The lowest BCUT2D eigenvalue weighted by atomic mass is 10.0. The van der Waals surface area contributed by atoms with Gasteiger partial charge in [-0.05, 0) is 82.9 Å². The summed E-state index contributed by atoms with van der Waals surface area (Å²) < 4.78 is 4.63. The van der Waals surface area contributed by atoms with Crippen molar-refractivity contribution in [1.82, 2.24) is 9.13 Å². The largest absolute Gasteiger partial charge is 0.309 e. The minimum atomic E-state index is 0.650. The number of rotatable bonds is 4. The van der Waals surface area contributed by atoms with E-state index >= 15 is 0 Å². The third-order valence-electron chi connectivity index (χ3n) is 9.15. The zero-order valence-electron chi connectivity index (χ0n) is 24.9. The monoisotopic (exact) mass is 585 g/mol. The Kier molecular flexibility index (Phi) is 5.88. The molecule has 0 aliphatic rings. The van der Waals surface area contributed by atoms with Crippen LogP contribution in [0.3, 0.4) is 0 Å². The summed E-state index contributed by atoms with van der Waals surface area (Å²) in [6.07, 6.45) is 0. The van der Waals surface area contributed by atoms with E-state index in [1.165, 1.54) is 27.4 Å². The fourth-order valence-corrected chi connectivity index (χ4v) is 7.01. The van der Waals surface area contributed by atoms with E-state index < -0.39 is 0 Å². The van der Waals surface area contributed by atoms with Crippen LogP contribution in [-0.2, 0) is 0 Å². The fraction of sp³-hybridized carbons (Fsp3) is 0. The van der Waals surface area contributed by atoms with Crippen molar-refractivity contribution in [1.29, 1.82) is 5.26 Å². The Morgan fingerprint density at radius 3 is 1.65 bits per heavy atom. The van der Waals surface area contributed by atoms with Crippen molar-refractivity contribution in [2.45, 2.75) is 0 Å². The second kappa shape index (κ2) is 10.4. The molecule has 0 bridgehead atoms. The summed E-state index contributed by atoms with van der Waals surface area (Å²) in [4.78, 5) is 0. The maximum Gasteiger partial charge on any atom is 0.0992 e. The molecule has 2 aromatic heterocycles. The Labute approximate surface area is 266 Å². The molecule has 214 valence electrons. The van der Waals surface area contributed by atoms with E-state index in [1.807, 2.05) is 18.2 Å². The Balaban J connectivity index is 1.18. The number of hydrogen-bond acceptors (Lipinski definition) is 1. The molecule has 0 N–H and O–H groups in total. The van der Waals surface area contributed by atoms with Crippen LogP contribution in [0.15, 0.2) is 164 Å². The van der Waals surface area contributed by atoms with Gasteiger partial charge >= 0.3 is 0 Å². The SMILES string of the molecule is N#Cc1ccc2c3cc(-c4ccc(-n5c6ccccc6c6ccccc65)cc4)ccc3n(-c3cccc(-c4ccccc4)c3)c2c1. The van der Waals surface area contributed by atoms with E-state index in [2.05, 4.69) is 161 Å². The highest BCUT2D eigenvalue weighted by atomic mass is 15.0. The fourth-order valence-electron chi connectivity index (χ4n) is 7.01. The van der Waals surface area contributed by atoms with Gasteiger partial charge in [-0.2, -0.15) is 5.26 Å². The van der Waals surface area contributed by atoms with Crippen molar-refractivity contribution >= 4 is 43.6 Å².